The molecule has 0 spiro atoms. The summed E-state index contributed by atoms with van der Waals surface area (Å²) in [5, 5.41) is 0. The summed E-state index contributed by atoms with van der Waals surface area (Å²) in [6.07, 6.45) is 8.32. The molecule has 4 heteroatoms. The summed E-state index contributed by atoms with van der Waals surface area (Å²) >= 11 is 0. The van der Waals surface area contributed by atoms with E-state index in [0.717, 1.165) is 11.1 Å². The number of aryl methyl sites for hydroxylation is 1. The Kier molecular flexibility index (Phi) is 8.76. The monoisotopic (exact) mass is 370 g/mol. The SMILES string of the molecule is C=C/C(=C\C=C\C(C)(C)C)C(OC)c1ccc(C)cc(OC)ccoc1=O. The molecule has 1 atom stereocenters. The van der Waals surface area contributed by atoms with E-state index in [4.69, 9.17) is 13.9 Å². The van der Waals surface area contributed by atoms with Gasteiger partial charge in [-0.2, -0.15) is 0 Å². The van der Waals surface area contributed by atoms with E-state index in [1.54, 1.807) is 32.4 Å². The third-order valence-corrected chi connectivity index (χ3v) is 3.72. The third kappa shape index (κ3) is 7.67. The Morgan fingerprint density at radius 3 is 2.48 bits per heavy atom. The maximum Gasteiger partial charge on any atom is 0.341 e. The standard InChI is InChI=1S/C23H30O4/c1-8-18(10-9-14-23(3,4)5)21(26-7)20-12-11-17(2)16-19(25-6)13-15-27-22(20)24/h8-16,21H,1H2,2-7H3/b14-9+,15-13?,17-11?,18-10+,19-16?,20-12?. The first-order valence-electron chi connectivity index (χ1n) is 8.78. The smallest absolute Gasteiger partial charge is 0.341 e. The van der Waals surface area contributed by atoms with E-state index in [2.05, 4.69) is 33.4 Å². The highest BCUT2D eigenvalue weighted by Gasteiger charge is 2.17. The van der Waals surface area contributed by atoms with Gasteiger partial charge in [0.15, 0.2) is 0 Å². The van der Waals surface area contributed by atoms with Gasteiger partial charge in [-0.05, 0) is 35.6 Å². The molecule has 0 aliphatic rings. The fraction of sp³-hybridized carbons (Fsp3) is 0.348. The van der Waals surface area contributed by atoms with Crippen LogP contribution in [0.2, 0.25) is 0 Å². The van der Waals surface area contributed by atoms with Crippen molar-refractivity contribution in [1.82, 2.24) is 0 Å². The fourth-order valence-electron chi connectivity index (χ4n) is 2.32. The zero-order valence-electron chi connectivity index (χ0n) is 17.1. The van der Waals surface area contributed by atoms with Crippen molar-refractivity contribution in [3.05, 3.63) is 88.5 Å². The van der Waals surface area contributed by atoms with E-state index in [9.17, 15) is 4.79 Å². The average Bonchev–Trinajstić information content (AvgIpc) is 2.60. The van der Waals surface area contributed by atoms with Gasteiger partial charge in [0.05, 0.1) is 18.9 Å². The molecule has 4 nitrogen and oxygen atoms in total. The van der Waals surface area contributed by atoms with Crippen molar-refractivity contribution in [2.45, 2.75) is 33.8 Å². The number of hydrogen-bond acceptors (Lipinski definition) is 4. The fourth-order valence-corrected chi connectivity index (χ4v) is 2.32. The summed E-state index contributed by atoms with van der Waals surface area (Å²) in [7, 11) is 3.11. The lowest BCUT2D eigenvalue weighted by Gasteiger charge is -2.15. The van der Waals surface area contributed by atoms with E-state index in [-0.39, 0.29) is 5.41 Å². The topological polar surface area (TPSA) is 48.7 Å². The second-order valence-corrected chi connectivity index (χ2v) is 7.20. The Labute approximate surface area is 162 Å². The minimum absolute atomic E-state index is 0.0516. The quantitative estimate of drug-likeness (QED) is 0.622. The number of rotatable bonds is 6. The summed E-state index contributed by atoms with van der Waals surface area (Å²) in [5.74, 6) is 0.593. The zero-order chi connectivity index (χ0) is 20.4. The highest BCUT2D eigenvalue weighted by Crippen LogP contribution is 2.24. The van der Waals surface area contributed by atoms with Crippen molar-refractivity contribution in [3.8, 4) is 5.75 Å². The molecule has 0 aliphatic heterocycles. The average molecular weight is 370 g/mol. The molecule has 27 heavy (non-hydrogen) atoms. The molecule has 1 heterocycles. The van der Waals surface area contributed by atoms with E-state index in [0.29, 0.717) is 11.3 Å². The van der Waals surface area contributed by atoms with Crippen LogP contribution in [0.25, 0.3) is 0 Å². The molecule has 0 N–H and O–H groups in total. The van der Waals surface area contributed by atoms with Crippen molar-refractivity contribution >= 4 is 0 Å². The number of hydrogen-bond donors (Lipinski definition) is 0. The van der Waals surface area contributed by atoms with Gasteiger partial charge >= 0.3 is 5.63 Å². The first kappa shape index (κ1) is 22.5. The van der Waals surface area contributed by atoms with E-state index < -0.39 is 11.7 Å². The predicted molar refractivity (Wildman–Crippen MR) is 111 cm³/mol. The maximum absolute atomic E-state index is 12.6. The third-order valence-electron chi connectivity index (χ3n) is 3.72. The highest BCUT2D eigenvalue weighted by molar-refractivity contribution is 5.33. The van der Waals surface area contributed by atoms with Gasteiger partial charge in [-0.15, -0.1) is 0 Å². The lowest BCUT2D eigenvalue weighted by molar-refractivity contribution is 0.133. The number of allylic oxidation sites excluding steroid dienone is 3. The Morgan fingerprint density at radius 2 is 1.93 bits per heavy atom. The summed E-state index contributed by atoms with van der Waals surface area (Å²) < 4.78 is 16.1. The first-order chi connectivity index (χ1) is 12.7. The van der Waals surface area contributed by atoms with Gasteiger partial charge in [0.2, 0.25) is 0 Å². The van der Waals surface area contributed by atoms with Gasteiger partial charge in [0, 0.05) is 13.2 Å². The normalized spacial score (nSPS) is 13.2. The van der Waals surface area contributed by atoms with Crippen molar-refractivity contribution < 1.29 is 13.9 Å². The summed E-state index contributed by atoms with van der Waals surface area (Å²) in [6, 6.07) is 6.98. The van der Waals surface area contributed by atoms with Crippen molar-refractivity contribution in [2.75, 3.05) is 14.2 Å². The lowest BCUT2D eigenvalue weighted by atomic mass is 9.95. The Bertz CT molecular complexity index is 806. The van der Waals surface area contributed by atoms with E-state index >= 15 is 0 Å². The predicted octanol–water partition coefficient (Wildman–Crippen LogP) is 5.48. The number of ether oxygens (including phenoxy) is 2. The molecular formula is C23H30O4. The Balaban J connectivity index is 3.53. The molecule has 146 valence electrons. The molecule has 0 fully saturated rings. The van der Waals surface area contributed by atoms with Gasteiger partial charge in [-0.1, -0.05) is 57.7 Å². The van der Waals surface area contributed by atoms with Gasteiger partial charge in [0.25, 0.3) is 0 Å². The van der Waals surface area contributed by atoms with Crippen LogP contribution in [0.1, 0.15) is 38.0 Å². The van der Waals surface area contributed by atoms with Crippen LogP contribution in [0.5, 0.6) is 5.75 Å². The van der Waals surface area contributed by atoms with Crippen LogP contribution in [-0.2, 0) is 4.74 Å². The second kappa shape index (κ2) is 10.5. The van der Waals surface area contributed by atoms with Crippen molar-refractivity contribution in [1.29, 1.82) is 0 Å². The van der Waals surface area contributed by atoms with Gasteiger partial charge in [-0.3, -0.25) is 0 Å². The van der Waals surface area contributed by atoms with Crippen LogP contribution in [0.15, 0.2) is 76.2 Å². The Hall–Kier alpha value is -2.59. The summed E-state index contributed by atoms with van der Waals surface area (Å²) in [5.41, 5.74) is 1.63. The lowest BCUT2D eigenvalue weighted by Crippen LogP contribution is -2.14. The van der Waals surface area contributed by atoms with Crippen molar-refractivity contribution in [2.24, 2.45) is 5.41 Å². The molecule has 0 saturated carbocycles. The first-order valence-corrected chi connectivity index (χ1v) is 8.78. The molecule has 1 unspecified atom stereocenters. The van der Waals surface area contributed by atoms with E-state index in [1.807, 2.05) is 31.2 Å². The van der Waals surface area contributed by atoms with Crippen LogP contribution in [0.3, 0.4) is 0 Å². The van der Waals surface area contributed by atoms with E-state index in [1.165, 1.54) is 6.26 Å². The Morgan fingerprint density at radius 1 is 1.22 bits per heavy atom. The van der Waals surface area contributed by atoms with Crippen LogP contribution in [-0.4, -0.2) is 14.2 Å². The summed E-state index contributed by atoms with van der Waals surface area (Å²) in [4.78, 5) is 12.6. The molecule has 1 rings (SSSR count). The van der Waals surface area contributed by atoms with Crippen LogP contribution in [0, 0.1) is 12.3 Å². The van der Waals surface area contributed by atoms with Crippen LogP contribution in [0.4, 0.5) is 0 Å². The van der Waals surface area contributed by atoms with Crippen LogP contribution >= 0.6 is 0 Å². The highest BCUT2D eigenvalue weighted by atomic mass is 16.5. The molecule has 1 aromatic heterocycles. The minimum Gasteiger partial charge on any atom is -0.497 e. The number of methoxy groups -OCH3 is 2. The zero-order valence-corrected chi connectivity index (χ0v) is 17.1. The molecular weight excluding hydrogens is 340 g/mol. The van der Waals surface area contributed by atoms with Crippen LogP contribution < -0.4 is 10.4 Å². The molecule has 0 amide bonds. The molecule has 0 aromatic carbocycles. The molecule has 1 aromatic rings. The summed E-state index contributed by atoms with van der Waals surface area (Å²) in [6.45, 7) is 12.1. The van der Waals surface area contributed by atoms with Gasteiger partial charge in [0.1, 0.15) is 11.9 Å². The van der Waals surface area contributed by atoms with Gasteiger partial charge < -0.3 is 13.9 Å². The molecule has 0 aliphatic carbocycles. The van der Waals surface area contributed by atoms with Crippen molar-refractivity contribution in [3.63, 3.8) is 0 Å². The second-order valence-electron chi connectivity index (χ2n) is 7.20. The molecule has 0 saturated heterocycles. The largest absolute Gasteiger partial charge is 0.497 e. The maximum atomic E-state index is 12.6. The van der Waals surface area contributed by atoms with Gasteiger partial charge in [-0.25, -0.2) is 4.79 Å². The molecule has 0 radical (unpaired) electrons. The minimum atomic E-state index is -0.595. The molecule has 0 bridgehead atoms.